The summed E-state index contributed by atoms with van der Waals surface area (Å²) in [5.74, 6) is 3.19. The number of pyridine rings is 1. The van der Waals surface area contributed by atoms with Gasteiger partial charge in [0.15, 0.2) is 11.6 Å². The number of piperazine rings is 1. The molecule has 6 heteroatoms. The summed E-state index contributed by atoms with van der Waals surface area (Å²) in [6, 6.07) is 4.33. The average Bonchev–Trinajstić information content (AvgIpc) is 3.25. The predicted octanol–water partition coefficient (Wildman–Crippen LogP) is 5.71. The summed E-state index contributed by atoms with van der Waals surface area (Å²) < 4.78 is 0. The molecule has 1 unspecified atom stereocenters. The van der Waals surface area contributed by atoms with Crippen LogP contribution in [0.3, 0.4) is 0 Å². The third kappa shape index (κ3) is 4.80. The molecule has 2 heterocycles. The SMILES string of the molecule is CCN(CC)c1ccc(N2CCN(CC(=O)[C@H]3C(C)C[C@H]4[C@@H]5CCC6=CC(=O)C=C[C@]6(C)C5=CC[C@]34C)CC2)nc1. The molecule has 0 N–H and O–H groups in total. The molecule has 6 rings (SSSR count). The van der Waals surface area contributed by atoms with Crippen LogP contribution < -0.4 is 9.80 Å². The lowest BCUT2D eigenvalue weighted by molar-refractivity contribution is -0.129. The Morgan fingerprint density at radius 3 is 2.56 bits per heavy atom. The van der Waals surface area contributed by atoms with Crippen molar-refractivity contribution >= 4 is 23.1 Å². The maximum atomic E-state index is 14.0. The molecule has 2 saturated carbocycles. The lowest BCUT2D eigenvalue weighted by Crippen LogP contribution is -2.50. The Morgan fingerprint density at radius 2 is 1.88 bits per heavy atom. The second kappa shape index (κ2) is 10.8. The van der Waals surface area contributed by atoms with Crippen molar-refractivity contribution < 1.29 is 9.59 Å². The average molecular weight is 557 g/mol. The van der Waals surface area contributed by atoms with E-state index in [1.165, 1.54) is 16.8 Å². The normalized spacial score (nSPS) is 34.9. The van der Waals surface area contributed by atoms with E-state index in [2.05, 4.69) is 73.6 Å². The number of nitrogens with zero attached hydrogens (tertiary/aromatic N) is 4. The van der Waals surface area contributed by atoms with Crippen molar-refractivity contribution in [2.75, 3.05) is 55.6 Å². The molecule has 4 aliphatic carbocycles. The molecule has 1 aromatic heterocycles. The standard InChI is InChI=1S/C35H48N4O2/c1-6-38(7-2)26-9-11-32(36-22-26)39-18-16-37(17-19-39)23-31(41)33-24(3)20-30-28-10-8-25-21-27(40)12-14-34(25,4)29(28)13-15-35(30,33)5/h9,11-14,21-22,24,28,30,33H,6-8,10,15-20,23H2,1-5H3/t24?,28-,30+,33-,34+,35+/m1/s1. The highest BCUT2D eigenvalue weighted by atomic mass is 16.1. The van der Waals surface area contributed by atoms with Gasteiger partial charge in [0, 0.05) is 50.6 Å². The first-order chi connectivity index (χ1) is 19.7. The second-order valence-corrected chi connectivity index (χ2v) is 13.7. The van der Waals surface area contributed by atoms with Gasteiger partial charge in [0.1, 0.15) is 5.82 Å². The highest BCUT2D eigenvalue weighted by Crippen LogP contribution is 2.65. The molecule has 6 nitrogen and oxygen atoms in total. The van der Waals surface area contributed by atoms with Crippen LogP contribution in [0.2, 0.25) is 0 Å². The van der Waals surface area contributed by atoms with Gasteiger partial charge < -0.3 is 9.80 Å². The first kappa shape index (κ1) is 28.4. The Hall–Kier alpha value is -2.73. The first-order valence-corrected chi connectivity index (χ1v) is 16.0. The number of rotatable bonds is 7. The molecule has 0 aromatic carbocycles. The zero-order valence-electron chi connectivity index (χ0n) is 25.7. The molecule has 0 bridgehead atoms. The van der Waals surface area contributed by atoms with Crippen molar-refractivity contribution in [1.29, 1.82) is 0 Å². The van der Waals surface area contributed by atoms with Crippen molar-refractivity contribution in [3.8, 4) is 0 Å². The third-order valence-corrected chi connectivity index (χ3v) is 11.6. The fourth-order valence-corrected chi connectivity index (χ4v) is 9.37. The van der Waals surface area contributed by atoms with Gasteiger partial charge in [-0.3, -0.25) is 14.5 Å². The number of ketones is 2. The zero-order valence-corrected chi connectivity index (χ0v) is 25.7. The van der Waals surface area contributed by atoms with Crippen LogP contribution in [-0.4, -0.2) is 67.3 Å². The van der Waals surface area contributed by atoms with Crippen LogP contribution in [-0.2, 0) is 9.59 Å². The molecular weight excluding hydrogens is 508 g/mol. The minimum Gasteiger partial charge on any atom is -0.371 e. The Labute approximate surface area is 246 Å². The molecule has 41 heavy (non-hydrogen) atoms. The van der Waals surface area contributed by atoms with E-state index in [1.54, 1.807) is 6.08 Å². The highest BCUT2D eigenvalue weighted by Gasteiger charge is 2.59. The Bertz CT molecular complexity index is 1270. The lowest BCUT2D eigenvalue weighted by atomic mass is 9.52. The van der Waals surface area contributed by atoms with Gasteiger partial charge in [-0.25, -0.2) is 4.98 Å². The number of aromatic nitrogens is 1. The number of anilines is 2. The van der Waals surface area contributed by atoms with Crippen LogP contribution in [0.4, 0.5) is 11.5 Å². The minimum atomic E-state index is -0.121. The number of hydrogen-bond donors (Lipinski definition) is 0. The van der Waals surface area contributed by atoms with E-state index in [-0.39, 0.29) is 22.5 Å². The number of carbonyl (C=O) groups is 2. The maximum absolute atomic E-state index is 14.0. The van der Waals surface area contributed by atoms with Gasteiger partial charge in [-0.1, -0.05) is 37.1 Å². The highest BCUT2D eigenvalue weighted by molar-refractivity contribution is 6.01. The summed E-state index contributed by atoms with van der Waals surface area (Å²) in [5.41, 5.74) is 3.87. The molecule has 0 spiro atoms. The van der Waals surface area contributed by atoms with E-state index in [9.17, 15) is 9.59 Å². The van der Waals surface area contributed by atoms with E-state index >= 15 is 0 Å². The summed E-state index contributed by atoms with van der Waals surface area (Å²) in [6.07, 6.45) is 14.5. The summed E-state index contributed by atoms with van der Waals surface area (Å²) in [5, 5.41) is 0. The van der Waals surface area contributed by atoms with Gasteiger partial charge in [-0.2, -0.15) is 0 Å². The number of Topliss-reactive ketones (excluding diaryl/α,β-unsaturated/α-hetero) is 1. The van der Waals surface area contributed by atoms with Crippen LogP contribution in [0, 0.1) is 34.5 Å². The first-order valence-electron chi connectivity index (χ1n) is 16.0. The molecule has 6 atom stereocenters. The number of allylic oxidation sites excluding steroid dienone is 6. The zero-order chi connectivity index (χ0) is 28.9. The smallest absolute Gasteiger partial charge is 0.178 e. The molecular formula is C35H48N4O2. The second-order valence-electron chi connectivity index (χ2n) is 13.7. The summed E-state index contributed by atoms with van der Waals surface area (Å²) in [7, 11) is 0. The molecule has 1 saturated heterocycles. The molecule has 220 valence electrons. The Balaban J connectivity index is 1.10. The fraction of sp³-hybridized carbons (Fsp3) is 0.629. The van der Waals surface area contributed by atoms with Crippen molar-refractivity contribution in [3.05, 3.63) is 53.8 Å². The van der Waals surface area contributed by atoms with Gasteiger partial charge >= 0.3 is 0 Å². The van der Waals surface area contributed by atoms with Gasteiger partial charge in [0.25, 0.3) is 0 Å². The van der Waals surface area contributed by atoms with Crippen molar-refractivity contribution in [1.82, 2.24) is 9.88 Å². The fourth-order valence-electron chi connectivity index (χ4n) is 9.37. The summed E-state index contributed by atoms with van der Waals surface area (Å²) in [6.45, 7) is 17.5. The summed E-state index contributed by atoms with van der Waals surface area (Å²) in [4.78, 5) is 37.9. The van der Waals surface area contributed by atoms with Crippen LogP contribution in [0.5, 0.6) is 0 Å². The number of fused-ring (bicyclic) bond motifs is 5. The van der Waals surface area contributed by atoms with Gasteiger partial charge in [-0.15, -0.1) is 0 Å². The number of hydrogen-bond acceptors (Lipinski definition) is 6. The molecule has 1 aliphatic heterocycles. The van der Waals surface area contributed by atoms with Gasteiger partial charge in [0.05, 0.1) is 18.4 Å². The topological polar surface area (TPSA) is 56.8 Å². The number of carbonyl (C=O) groups excluding carboxylic acids is 2. The lowest BCUT2D eigenvalue weighted by Gasteiger charge is -2.52. The van der Waals surface area contributed by atoms with E-state index in [4.69, 9.17) is 4.98 Å². The van der Waals surface area contributed by atoms with Crippen LogP contribution in [0.25, 0.3) is 0 Å². The monoisotopic (exact) mass is 556 g/mol. The largest absolute Gasteiger partial charge is 0.371 e. The molecule has 3 fully saturated rings. The third-order valence-electron chi connectivity index (χ3n) is 11.6. The molecule has 1 aromatic rings. The van der Waals surface area contributed by atoms with E-state index < -0.39 is 0 Å². The van der Waals surface area contributed by atoms with Crippen molar-refractivity contribution in [2.24, 2.45) is 34.5 Å². The molecule has 5 aliphatic rings. The maximum Gasteiger partial charge on any atom is 0.178 e. The minimum absolute atomic E-state index is 0.0226. The predicted molar refractivity (Wildman–Crippen MR) is 166 cm³/mol. The summed E-state index contributed by atoms with van der Waals surface area (Å²) >= 11 is 0. The quantitative estimate of drug-likeness (QED) is 0.401. The van der Waals surface area contributed by atoms with E-state index in [1.807, 2.05) is 12.3 Å². The van der Waals surface area contributed by atoms with E-state index in [0.717, 1.165) is 70.8 Å². The van der Waals surface area contributed by atoms with Crippen LogP contribution in [0.15, 0.2) is 53.8 Å². The van der Waals surface area contributed by atoms with Gasteiger partial charge in [0.2, 0.25) is 0 Å². The van der Waals surface area contributed by atoms with Crippen molar-refractivity contribution in [2.45, 2.75) is 60.3 Å². The Morgan fingerprint density at radius 1 is 1.12 bits per heavy atom. The Kier molecular flexibility index (Phi) is 7.50. The molecule has 0 amide bonds. The molecule has 0 radical (unpaired) electrons. The van der Waals surface area contributed by atoms with Crippen molar-refractivity contribution in [3.63, 3.8) is 0 Å². The van der Waals surface area contributed by atoms with E-state index in [0.29, 0.717) is 30.1 Å². The van der Waals surface area contributed by atoms with Crippen LogP contribution in [0.1, 0.15) is 60.3 Å². The van der Waals surface area contributed by atoms with Crippen LogP contribution >= 0.6 is 0 Å². The van der Waals surface area contributed by atoms with Gasteiger partial charge in [-0.05, 0) is 93.9 Å².